The Hall–Kier alpha value is -1.25. The van der Waals surface area contributed by atoms with Gasteiger partial charge in [-0.3, -0.25) is 15.0 Å². The Bertz CT molecular complexity index is 543. The highest BCUT2D eigenvalue weighted by Crippen LogP contribution is 2.28. The molecule has 2 aliphatic heterocycles. The van der Waals surface area contributed by atoms with E-state index in [4.69, 9.17) is 4.74 Å². The van der Waals surface area contributed by atoms with E-state index >= 15 is 0 Å². The summed E-state index contributed by atoms with van der Waals surface area (Å²) in [5, 5.41) is 10.8. The number of nitrogens with zero attached hydrogens (tertiary/aromatic N) is 4. The van der Waals surface area contributed by atoms with E-state index in [1.807, 2.05) is 0 Å². The Morgan fingerprint density at radius 1 is 1.41 bits per heavy atom. The monoisotopic (exact) mass is 370 g/mol. The molecule has 0 spiro atoms. The predicted molar refractivity (Wildman–Crippen MR) is 86.2 cm³/mol. The molecule has 0 bridgehead atoms. The lowest BCUT2D eigenvalue weighted by atomic mass is 10.1. The maximum atomic E-state index is 10.8. The quantitative estimate of drug-likeness (QED) is 0.595. The number of pyridine rings is 1. The van der Waals surface area contributed by atoms with Crippen LogP contribution in [-0.2, 0) is 4.74 Å². The van der Waals surface area contributed by atoms with E-state index in [0.29, 0.717) is 10.4 Å². The number of piperazine rings is 1. The van der Waals surface area contributed by atoms with Crippen molar-refractivity contribution < 1.29 is 9.66 Å². The Kier molecular flexibility index (Phi) is 4.90. The molecule has 0 amide bonds. The fraction of sp³-hybridized carbons (Fsp3) is 0.643. The molecule has 2 saturated heterocycles. The molecule has 8 heteroatoms. The summed E-state index contributed by atoms with van der Waals surface area (Å²) in [6.45, 7) is 6.62. The van der Waals surface area contributed by atoms with E-state index in [2.05, 4.69) is 30.7 Å². The number of anilines is 1. The van der Waals surface area contributed by atoms with Crippen LogP contribution in [0.4, 0.5) is 11.5 Å². The molecule has 0 aliphatic carbocycles. The van der Waals surface area contributed by atoms with Gasteiger partial charge in [0, 0.05) is 45.4 Å². The van der Waals surface area contributed by atoms with Gasteiger partial charge in [-0.2, -0.15) is 0 Å². The lowest BCUT2D eigenvalue weighted by Gasteiger charge is -2.36. The third-order valence-corrected chi connectivity index (χ3v) is 4.81. The molecule has 1 aromatic rings. The zero-order chi connectivity index (χ0) is 15.5. The van der Waals surface area contributed by atoms with Crippen molar-refractivity contribution >= 4 is 27.4 Å². The second-order valence-corrected chi connectivity index (χ2v) is 6.63. The van der Waals surface area contributed by atoms with Gasteiger partial charge in [0.1, 0.15) is 12.0 Å². The SMILES string of the molecule is O=[N+]([O-])c1cnc(N2CCN(CC3CCOC3)CC2)c(Br)c1. The van der Waals surface area contributed by atoms with Crippen LogP contribution in [0.15, 0.2) is 16.7 Å². The second kappa shape index (κ2) is 6.89. The van der Waals surface area contributed by atoms with Crippen LogP contribution in [-0.4, -0.2) is 60.7 Å². The van der Waals surface area contributed by atoms with Crippen molar-refractivity contribution in [1.82, 2.24) is 9.88 Å². The van der Waals surface area contributed by atoms with Crippen LogP contribution >= 0.6 is 15.9 Å². The molecule has 0 radical (unpaired) electrons. The van der Waals surface area contributed by atoms with Crippen LogP contribution < -0.4 is 4.90 Å². The minimum absolute atomic E-state index is 0.00972. The maximum absolute atomic E-state index is 10.8. The van der Waals surface area contributed by atoms with Crippen molar-refractivity contribution in [3.63, 3.8) is 0 Å². The van der Waals surface area contributed by atoms with E-state index in [0.717, 1.165) is 58.2 Å². The van der Waals surface area contributed by atoms with E-state index in [9.17, 15) is 10.1 Å². The average Bonchev–Trinajstić information content (AvgIpc) is 3.01. The number of nitro groups is 1. The van der Waals surface area contributed by atoms with Gasteiger partial charge < -0.3 is 9.64 Å². The first-order chi connectivity index (χ1) is 10.6. The smallest absolute Gasteiger partial charge is 0.288 e. The van der Waals surface area contributed by atoms with E-state index in [-0.39, 0.29) is 5.69 Å². The normalized spacial score (nSPS) is 23.0. The number of ether oxygens (including phenoxy) is 1. The van der Waals surface area contributed by atoms with Crippen LogP contribution in [0.5, 0.6) is 0 Å². The van der Waals surface area contributed by atoms with Crippen LogP contribution in [0.2, 0.25) is 0 Å². The summed E-state index contributed by atoms with van der Waals surface area (Å²) in [5.74, 6) is 1.45. The standard InChI is InChI=1S/C14H19BrN4O3/c15-13-7-12(19(20)21)8-16-14(13)18-4-2-17(3-5-18)9-11-1-6-22-10-11/h7-8,11H,1-6,9-10H2. The summed E-state index contributed by atoms with van der Waals surface area (Å²) >= 11 is 3.40. The highest BCUT2D eigenvalue weighted by Gasteiger charge is 2.24. The Morgan fingerprint density at radius 3 is 2.77 bits per heavy atom. The molecule has 1 unspecified atom stereocenters. The molecule has 0 saturated carbocycles. The fourth-order valence-corrected chi connectivity index (χ4v) is 3.58. The summed E-state index contributed by atoms with van der Waals surface area (Å²) in [6.07, 6.45) is 2.48. The van der Waals surface area contributed by atoms with Gasteiger partial charge in [-0.15, -0.1) is 0 Å². The van der Waals surface area contributed by atoms with Crippen LogP contribution in [0.1, 0.15) is 6.42 Å². The van der Waals surface area contributed by atoms with Gasteiger partial charge in [0.25, 0.3) is 5.69 Å². The first kappa shape index (κ1) is 15.6. The first-order valence-corrected chi connectivity index (χ1v) is 8.28. The zero-order valence-electron chi connectivity index (χ0n) is 12.3. The molecule has 0 aromatic carbocycles. The lowest BCUT2D eigenvalue weighted by Crippen LogP contribution is -2.48. The van der Waals surface area contributed by atoms with Gasteiger partial charge in [0.15, 0.2) is 0 Å². The van der Waals surface area contributed by atoms with Gasteiger partial charge >= 0.3 is 0 Å². The third-order valence-electron chi connectivity index (χ3n) is 4.23. The van der Waals surface area contributed by atoms with Crippen molar-refractivity contribution in [3.8, 4) is 0 Å². The summed E-state index contributed by atoms with van der Waals surface area (Å²) in [7, 11) is 0. The fourth-order valence-electron chi connectivity index (χ4n) is 2.99. The van der Waals surface area contributed by atoms with Crippen LogP contribution in [0, 0.1) is 16.0 Å². The van der Waals surface area contributed by atoms with Crippen LogP contribution in [0.3, 0.4) is 0 Å². The predicted octanol–water partition coefficient (Wildman–Crippen LogP) is 1.91. The largest absolute Gasteiger partial charge is 0.381 e. The second-order valence-electron chi connectivity index (χ2n) is 5.77. The zero-order valence-corrected chi connectivity index (χ0v) is 13.9. The molecule has 2 fully saturated rings. The number of aromatic nitrogens is 1. The minimum atomic E-state index is -0.427. The molecule has 3 heterocycles. The highest BCUT2D eigenvalue weighted by atomic mass is 79.9. The molecule has 1 atom stereocenters. The number of halogens is 1. The molecule has 1 aromatic heterocycles. The van der Waals surface area contributed by atoms with Gasteiger partial charge in [0.2, 0.25) is 0 Å². The van der Waals surface area contributed by atoms with Gasteiger partial charge in [-0.05, 0) is 28.3 Å². The average molecular weight is 371 g/mol. The van der Waals surface area contributed by atoms with Crippen molar-refractivity contribution in [1.29, 1.82) is 0 Å². The molecule has 7 nitrogen and oxygen atoms in total. The highest BCUT2D eigenvalue weighted by molar-refractivity contribution is 9.10. The number of rotatable bonds is 4. The van der Waals surface area contributed by atoms with Gasteiger partial charge in [-0.25, -0.2) is 4.98 Å². The first-order valence-electron chi connectivity index (χ1n) is 7.48. The maximum Gasteiger partial charge on any atom is 0.288 e. The van der Waals surface area contributed by atoms with Gasteiger partial charge in [-0.1, -0.05) is 0 Å². The third kappa shape index (κ3) is 3.56. The summed E-state index contributed by atoms with van der Waals surface area (Å²) in [4.78, 5) is 19.2. The van der Waals surface area contributed by atoms with Crippen molar-refractivity contribution in [2.24, 2.45) is 5.92 Å². The molecule has 120 valence electrons. The molecular weight excluding hydrogens is 352 g/mol. The Labute approximate surface area is 137 Å². The summed E-state index contributed by atoms with van der Waals surface area (Å²) < 4.78 is 6.11. The van der Waals surface area contributed by atoms with Crippen molar-refractivity contribution in [2.75, 3.05) is 50.8 Å². The summed E-state index contributed by atoms with van der Waals surface area (Å²) in [5.41, 5.74) is 0.00972. The minimum Gasteiger partial charge on any atom is -0.381 e. The number of hydrogen-bond acceptors (Lipinski definition) is 6. The van der Waals surface area contributed by atoms with E-state index in [1.165, 1.54) is 12.3 Å². The Morgan fingerprint density at radius 2 is 2.18 bits per heavy atom. The topological polar surface area (TPSA) is 71.7 Å². The lowest BCUT2D eigenvalue weighted by molar-refractivity contribution is -0.385. The molecule has 2 aliphatic rings. The molecule has 3 rings (SSSR count). The van der Waals surface area contributed by atoms with Crippen molar-refractivity contribution in [2.45, 2.75) is 6.42 Å². The van der Waals surface area contributed by atoms with Crippen molar-refractivity contribution in [3.05, 3.63) is 26.9 Å². The Balaban J connectivity index is 1.57. The molecule has 0 N–H and O–H groups in total. The van der Waals surface area contributed by atoms with E-state index < -0.39 is 4.92 Å². The number of hydrogen-bond donors (Lipinski definition) is 0. The molecule has 22 heavy (non-hydrogen) atoms. The van der Waals surface area contributed by atoms with E-state index in [1.54, 1.807) is 0 Å². The van der Waals surface area contributed by atoms with Crippen LogP contribution in [0.25, 0.3) is 0 Å². The summed E-state index contributed by atoms with van der Waals surface area (Å²) in [6, 6.07) is 1.52. The molecular formula is C14H19BrN4O3. The van der Waals surface area contributed by atoms with Gasteiger partial charge in [0.05, 0.1) is 16.0 Å².